The van der Waals surface area contributed by atoms with Crippen LogP contribution in [-0.4, -0.2) is 39.8 Å². The molecule has 0 aromatic rings. The second-order valence-electron chi connectivity index (χ2n) is 7.98. The molecule has 5 rings (SSSR count). The maximum atomic E-state index is 12.6. The van der Waals surface area contributed by atoms with E-state index in [1.165, 1.54) is 0 Å². The molecule has 5 aliphatic rings. The average Bonchev–Trinajstić information content (AvgIpc) is 2.79. The third-order valence-electron chi connectivity index (χ3n) is 6.99. The van der Waals surface area contributed by atoms with Crippen LogP contribution < -0.4 is 0 Å². The molecule has 7 atom stereocenters. The van der Waals surface area contributed by atoms with Crippen LogP contribution in [0.25, 0.3) is 0 Å². The van der Waals surface area contributed by atoms with Crippen molar-refractivity contribution in [2.24, 2.45) is 22.7 Å². The van der Waals surface area contributed by atoms with E-state index in [1.54, 1.807) is 6.08 Å². The van der Waals surface area contributed by atoms with Gasteiger partial charge in [-0.3, -0.25) is 9.59 Å². The van der Waals surface area contributed by atoms with Gasteiger partial charge in [0, 0.05) is 23.2 Å². The number of carboxylic acids is 1. The van der Waals surface area contributed by atoms with Crippen LogP contribution in [0.15, 0.2) is 12.2 Å². The Morgan fingerprint density at radius 3 is 2.82 bits per heavy atom. The van der Waals surface area contributed by atoms with Gasteiger partial charge in [0.1, 0.15) is 0 Å². The zero-order chi connectivity index (χ0) is 15.9. The summed E-state index contributed by atoms with van der Waals surface area (Å²) in [6.45, 7) is 3.84. The van der Waals surface area contributed by atoms with Crippen molar-refractivity contribution in [1.82, 2.24) is 0 Å². The molecule has 2 saturated heterocycles. The Hall–Kier alpha value is -1.20. The topological polar surface area (TPSA) is 83.8 Å². The van der Waals surface area contributed by atoms with Crippen molar-refractivity contribution in [2.75, 3.05) is 0 Å². The fourth-order valence-corrected chi connectivity index (χ4v) is 5.96. The molecular formula is C17H22O5. The van der Waals surface area contributed by atoms with Crippen molar-refractivity contribution in [3.8, 4) is 0 Å². The van der Waals surface area contributed by atoms with E-state index in [0.29, 0.717) is 12.3 Å². The lowest BCUT2D eigenvalue weighted by Crippen LogP contribution is -2.62. The molecule has 5 nitrogen and oxygen atoms in total. The van der Waals surface area contributed by atoms with Crippen molar-refractivity contribution in [3.63, 3.8) is 0 Å². The lowest BCUT2D eigenvalue weighted by atomic mass is 9.50. The average molecular weight is 306 g/mol. The lowest BCUT2D eigenvalue weighted by molar-refractivity contribution is -0.219. The monoisotopic (exact) mass is 306 g/mol. The summed E-state index contributed by atoms with van der Waals surface area (Å²) in [5.41, 5.74) is -1.71. The van der Waals surface area contributed by atoms with Crippen molar-refractivity contribution < 1.29 is 24.5 Å². The molecule has 0 radical (unpaired) electrons. The van der Waals surface area contributed by atoms with Crippen molar-refractivity contribution in [3.05, 3.63) is 12.2 Å². The predicted octanol–water partition coefficient (Wildman–Crippen LogP) is 1.54. The number of ketones is 1. The fourth-order valence-electron chi connectivity index (χ4n) is 5.96. The van der Waals surface area contributed by atoms with E-state index in [-0.39, 0.29) is 24.2 Å². The number of carbonyl (C=O) groups is 2. The van der Waals surface area contributed by atoms with E-state index >= 15 is 0 Å². The van der Waals surface area contributed by atoms with E-state index in [9.17, 15) is 14.7 Å². The highest BCUT2D eigenvalue weighted by Crippen LogP contribution is 2.71. The molecule has 2 aliphatic heterocycles. The second-order valence-corrected chi connectivity index (χ2v) is 7.98. The van der Waals surface area contributed by atoms with E-state index < -0.39 is 28.5 Å². The van der Waals surface area contributed by atoms with Crippen molar-refractivity contribution in [2.45, 2.75) is 57.3 Å². The molecule has 120 valence electrons. The number of hydrogen-bond donors (Lipinski definition) is 2. The number of aliphatic carboxylic acids is 1. The molecule has 22 heavy (non-hydrogen) atoms. The Bertz CT molecular complexity index is 598. The van der Waals surface area contributed by atoms with Gasteiger partial charge in [0.25, 0.3) is 0 Å². The van der Waals surface area contributed by atoms with Gasteiger partial charge in [0.2, 0.25) is 0 Å². The van der Waals surface area contributed by atoms with Crippen molar-refractivity contribution in [1.29, 1.82) is 0 Å². The third kappa shape index (κ3) is 1.42. The highest BCUT2D eigenvalue weighted by atomic mass is 16.5. The summed E-state index contributed by atoms with van der Waals surface area (Å²) in [4.78, 5) is 23.6. The summed E-state index contributed by atoms with van der Waals surface area (Å²) in [6, 6.07) is 0. The first-order chi connectivity index (χ1) is 10.2. The fraction of sp³-hybridized carbons (Fsp3) is 0.765. The maximum absolute atomic E-state index is 12.6. The Morgan fingerprint density at radius 2 is 2.18 bits per heavy atom. The van der Waals surface area contributed by atoms with Crippen LogP contribution in [0.1, 0.15) is 39.5 Å². The Morgan fingerprint density at radius 1 is 1.45 bits per heavy atom. The number of carboxylic acid groups (broad SMARTS) is 1. The van der Waals surface area contributed by atoms with Gasteiger partial charge >= 0.3 is 5.97 Å². The molecular weight excluding hydrogens is 284 g/mol. The zero-order valence-corrected chi connectivity index (χ0v) is 12.9. The summed E-state index contributed by atoms with van der Waals surface area (Å²) in [5.74, 6) is -0.722. The lowest BCUT2D eigenvalue weighted by Gasteiger charge is -2.57. The van der Waals surface area contributed by atoms with Crippen LogP contribution in [0.2, 0.25) is 0 Å². The standard InChI is InChI=1S/C17H22O5/c1-15(5-4-12(19)20)11(18)3-6-17-8-9-7-10(13(15)17)22-16(9,2)14(17)21/h3,6,9-10,13-14,21H,4-5,7-8H2,1-2H3,(H,19,20). The molecule has 0 aromatic heterocycles. The highest BCUT2D eigenvalue weighted by molar-refractivity contribution is 5.96. The Labute approximate surface area is 129 Å². The molecule has 5 heteroatoms. The van der Waals surface area contributed by atoms with Gasteiger partial charge in [-0.05, 0) is 38.2 Å². The SMILES string of the molecule is CC1(CCC(=O)O)C(=O)C=CC23CC4CC(OC4(C)C2O)C13. The van der Waals surface area contributed by atoms with Gasteiger partial charge in [-0.25, -0.2) is 0 Å². The molecule has 4 bridgehead atoms. The first-order valence-corrected chi connectivity index (χ1v) is 8.05. The molecule has 1 spiro atoms. The number of allylic oxidation sites excluding steroid dienone is 1. The summed E-state index contributed by atoms with van der Waals surface area (Å²) < 4.78 is 6.18. The summed E-state index contributed by atoms with van der Waals surface area (Å²) in [6.07, 6.45) is 4.76. The quantitative estimate of drug-likeness (QED) is 0.826. The highest BCUT2D eigenvalue weighted by Gasteiger charge is 2.76. The predicted molar refractivity (Wildman–Crippen MR) is 77.1 cm³/mol. The van der Waals surface area contributed by atoms with E-state index in [2.05, 4.69) is 0 Å². The molecule has 3 aliphatic carbocycles. The minimum Gasteiger partial charge on any atom is -0.481 e. The summed E-state index contributed by atoms with van der Waals surface area (Å²) in [7, 11) is 0. The summed E-state index contributed by atoms with van der Waals surface area (Å²) in [5, 5.41) is 20.0. The zero-order valence-electron chi connectivity index (χ0n) is 12.9. The Balaban J connectivity index is 1.80. The molecule has 2 saturated carbocycles. The van der Waals surface area contributed by atoms with Gasteiger partial charge in [0.05, 0.1) is 17.8 Å². The number of aliphatic hydroxyl groups is 1. The molecule has 0 amide bonds. The number of hydrogen-bond acceptors (Lipinski definition) is 4. The first-order valence-electron chi connectivity index (χ1n) is 8.05. The molecule has 2 N–H and O–H groups in total. The maximum Gasteiger partial charge on any atom is 0.303 e. The Kier molecular flexibility index (Phi) is 2.62. The normalized spacial score (nSPS) is 54.8. The van der Waals surface area contributed by atoms with Crippen LogP contribution in [-0.2, 0) is 14.3 Å². The smallest absolute Gasteiger partial charge is 0.303 e. The summed E-state index contributed by atoms with van der Waals surface area (Å²) >= 11 is 0. The van der Waals surface area contributed by atoms with Crippen LogP contribution >= 0.6 is 0 Å². The van der Waals surface area contributed by atoms with Gasteiger partial charge < -0.3 is 14.9 Å². The minimum atomic E-state index is -0.891. The second kappa shape index (κ2) is 4.01. The number of rotatable bonds is 3. The molecule has 2 heterocycles. The number of ether oxygens (including phenoxy) is 1. The molecule has 4 fully saturated rings. The number of carbonyl (C=O) groups excluding carboxylic acids is 1. The van der Waals surface area contributed by atoms with Gasteiger partial charge in [-0.2, -0.15) is 0 Å². The third-order valence-corrected chi connectivity index (χ3v) is 6.99. The van der Waals surface area contributed by atoms with Gasteiger partial charge in [0.15, 0.2) is 5.78 Å². The van der Waals surface area contributed by atoms with Crippen LogP contribution in [0.4, 0.5) is 0 Å². The molecule has 7 unspecified atom stereocenters. The van der Waals surface area contributed by atoms with E-state index in [1.807, 2.05) is 19.9 Å². The van der Waals surface area contributed by atoms with E-state index in [4.69, 9.17) is 9.84 Å². The van der Waals surface area contributed by atoms with Crippen LogP contribution in [0.5, 0.6) is 0 Å². The van der Waals surface area contributed by atoms with Gasteiger partial charge in [-0.15, -0.1) is 0 Å². The van der Waals surface area contributed by atoms with E-state index in [0.717, 1.165) is 12.8 Å². The number of aliphatic hydroxyl groups excluding tert-OH is 1. The largest absolute Gasteiger partial charge is 0.481 e. The van der Waals surface area contributed by atoms with Gasteiger partial charge in [-0.1, -0.05) is 13.0 Å². The van der Waals surface area contributed by atoms with Crippen LogP contribution in [0, 0.1) is 22.7 Å². The van der Waals surface area contributed by atoms with Crippen molar-refractivity contribution >= 4 is 11.8 Å². The first kappa shape index (κ1) is 14.4. The van der Waals surface area contributed by atoms with Crippen LogP contribution in [0.3, 0.4) is 0 Å². The minimum absolute atomic E-state index is 0.0286. The molecule has 0 aromatic carbocycles.